The molecule has 0 aliphatic heterocycles. The minimum absolute atomic E-state index is 0. The highest BCUT2D eigenvalue weighted by Crippen LogP contribution is 2.43. The van der Waals surface area contributed by atoms with E-state index < -0.39 is 0 Å². The van der Waals surface area contributed by atoms with Gasteiger partial charge in [0.1, 0.15) is 0 Å². The van der Waals surface area contributed by atoms with Crippen LogP contribution in [0.15, 0.2) is 60.7 Å². The van der Waals surface area contributed by atoms with Crippen molar-refractivity contribution in [3.63, 3.8) is 0 Å². The first-order valence-corrected chi connectivity index (χ1v) is 12.8. The summed E-state index contributed by atoms with van der Waals surface area (Å²) in [7, 11) is 13.9. The third kappa shape index (κ3) is 8.61. The van der Waals surface area contributed by atoms with Crippen LogP contribution < -0.4 is 24.0 Å². The Morgan fingerprint density at radius 2 is 0.794 bits per heavy atom. The smallest absolute Gasteiger partial charge is 0.0878 e. The Hall–Kier alpha value is -0.950. The average Bonchev–Trinajstić information content (AvgIpc) is 3.39. The molecular weight excluding hydrogens is 531 g/mol. The first-order chi connectivity index (χ1) is 15.0. The van der Waals surface area contributed by atoms with Crippen LogP contribution in [0.5, 0.6) is 0 Å². The van der Waals surface area contributed by atoms with Crippen molar-refractivity contribution in [1.82, 2.24) is 0 Å². The fourth-order valence-electron chi connectivity index (χ4n) is 6.58. The summed E-state index contributed by atoms with van der Waals surface area (Å²) in [6.07, 6.45) is 11.1. The maximum absolute atomic E-state index is 2.32. The number of hydrogen-bond donors (Lipinski definition) is 0. The minimum atomic E-state index is 0. The molecule has 0 aromatic heterocycles. The number of nitrogens with zero attached hydrogens (tertiary/aromatic N) is 2. The molecule has 2 aromatic carbocycles. The molecule has 2 aliphatic carbocycles. The highest BCUT2D eigenvalue weighted by Gasteiger charge is 2.41. The minimum Gasteiger partial charge on any atom is -1.00 e. The third-order valence-electron chi connectivity index (χ3n) is 7.45. The normalized spacial score (nSPS) is 18.8. The van der Waals surface area contributed by atoms with Crippen LogP contribution in [-0.4, -0.2) is 69.8 Å². The molecule has 0 unspecified atom stereocenters. The molecular formula is C30H49IN2O. The summed E-state index contributed by atoms with van der Waals surface area (Å²) in [5.74, 6) is 0. The largest absolute Gasteiger partial charge is 1.00 e. The van der Waals surface area contributed by atoms with Gasteiger partial charge in [-0.15, -0.1) is 0 Å². The van der Waals surface area contributed by atoms with E-state index in [2.05, 4.69) is 103 Å². The van der Waals surface area contributed by atoms with Gasteiger partial charge < -0.3 is 38.4 Å². The molecule has 0 atom stereocenters. The van der Waals surface area contributed by atoms with Gasteiger partial charge in [-0.1, -0.05) is 86.3 Å². The van der Waals surface area contributed by atoms with Crippen molar-refractivity contribution in [3.8, 4) is 0 Å². The molecule has 4 heteroatoms. The molecule has 192 valence electrons. The van der Waals surface area contributed by atoms with E-state index in [-0.39, 0.29) is 29.5 Å². The van der Waals surface area contributed by atoms with Crippen LogP contribution >= 0.6 is 0 Å². The van der Waals surface area contributed by atoms with Crippen molar-refractivity contribution in [2.45, 2.75) is 62.2 Å². The zero-order valence-electron chi connectivity index (χ0n) is 22.6. The van der Waals surface area contributed by atoms with Gasteiger partial charge in [0.25, 0.3) is 0 Å². The molecule has 2 saturated carbocycles. The highest BCUT2D eigenvalue weighted by molar-refractivity contribution is 5.27. The van der Waals surface area contributed by atoms with Gasteiger partial charge in [0.2, 0.25) is 0 Å². The van der Waals surface area contributed by atoms with Crippen molar-refractivity contribution in [2.75, 3.05) is 55.4 Å². The highest BCUT2D eigenvalue weighted by atomic mass is 127. The summed E-state index contributed by atoms with van der Waals surface area (Å²) < 4.78 is 2.13. The average molecular weight is 581 g/mol. The van der Waals surface area contributed by atoms with Crippen LogP contribution in [0.1, 0.15) is 62.5 Å². The SMILES string of the molecule is C[N+](C)(C)CC1(c2ccccc2)CCCC1.C[N+](C)(C)CC1(c2ccccc2)CCCC1.[I-].[OH-]. The number of quaternary nitrogens is 2. The zero-order chi connectivity index (χ0) is 23.3. The van der Waals surface area contributed by atoms with E-state index in [1.165, 1.54) is 64.5 Å². The number of likely N-dealkylation sites (N-methyl/N-ethyl adjacent to an activating group) is 2. The third-order valence-corrected chi connectivity index (χ3v) is 7.45. The van der Waals surface area contributed by atoms with Gasteiger partial charge in [-0.25, -0.2) is 0 Å². The van der Waals surface area contributed by atoms with Crippen molar-refractivity contribution >= 4 is 0 Å². The summed E-state index contributed by atoms with van der Waals surface area (Å²) in [6.45, 7) is 2.52. The lowest BCUT2D eigenvalue weighted by molar-refractivity contribution is -0.874. The quantitative estimate of drug-likeness (QED) is 0.382. The zero-order valence-corrected chi connectivity index (χ0v) is 24.7. The lowest BCUT2D eigenvalue weighted by atomic mass is 9.78. The van der Waals surface area contributed by atoms with Crippen LogP contribution in [0, 0.1) is 0 Å². The summed E-state index contributed by atoms with van der Waals surface area (Å²) in [5.41, 5.74) is 4.00. The maximum Gasteiger partial charge on any atom is 0.0878 e. The lowest BCUT2D eigenvalue weighted by Crippen LogP contribution is -3.00. The summed E-state index contributed by atoms with van der Waals surface area (Å²) >= 11 is 0. The van der Waals surface area contributed by atoms with E-state index in [1.807, 2.05) is 0 Å². The van der Waals surface area contributed by atoms with Crippen molar-refractivity contribution in [2.24, 2.45) is 0 Å². The first kappa shape index (κ1) is 31.1. The van der Waals surface area contributed by atoms with Gasteiger partial charge in [-0.3, -0.25) is 0 Å². The van der Waals surface area contributed by atoms with Gasteiger partial charge in [-0.2, -0.15) is 0 Å². The van der Waals surface area contributed by atoms with E-state index >= 15 is 0 Å². The molecule has 0 radical (unpaired) electrons. The summed E-state index contributed by atoms with van der Waals surface area (Å²) in [4.78, 5) is 0. The number of halogens is 1. The van der Waals surface area contributed by atoms with Crippen LogP contribution in [0.2, 0.25) is 0 Å². The summed E-state index contributed by atoms with van der Waals surface area (Å²) in [6, 6.07) is 22.3. The van der Waals surface area contributed by atoms with Crippen LogP contribution in [-0.2, 0) is 10.8 Å². The second-order valence-corrected chi connectivity index (χ2v) is 12.6. The molecule has 1 N–H and O–H groups in total. The van der Waals surface area contributed by atoms with Crippen LogP contribution in [0.3, 0.4) is 0 Å². The molecule has 0 heterocycles. The molecule has 4 rings (SSSR count). The van der Waals surface area contributed by atoms with Crippen LogP contribution in [0.4, 0.5) is 0 Å². The molecule has 0 bridgehead atoms. The molecule has 34 heavy (non-hydrogen) atoms. The molecule has 0 saturated heterocycles. The standard InChI is InChI=1S/2C15H24N.HI.H2O/c2*1-16(2,3)13-15(11-7-8-12-15)14-9-5-4-6-10-14;;/h2*4-6,9-10H,7-8,11-13H2,1-3H3;1H;1H2/q2*+1;;/p-2. The fourth-order valence-corrected chi connectivity index (χ4v) is 6.58. The van der Waals surface area contributed by atoms with Crippen molar-refractivity contribution in [3.05, 3.63) is 71.8 Å². The maximum atomic E-state index is 2.32. The molecule has 0 spiro atoms. The van der Waals surface area contributed by atoms with E-state index in [4.69, 9.17) is 0 Å². The number of benzene rings is 2. The topological polar surface area (TPSA) is 30.0 Å². The van der Waals surface area contributed by atoms with E-state index in [9.17, 15) is 0 Å². The Morgan fingerprint density at radius 1 is 0.529 bits per heavy atom. The molecule has 3 nitrogen and oxygen atoms in total. The van der Waals surface area contributed by atoms with E-state index in [0.29, 0.717) is 10.8 Å². The lowest BCUT2D eigenvalue weighted by Gasteiger charge is -2.37. The number of hydrogen-bond acceptors (Lipinski definition) is 1. The fraction of sp³-hybridized carbons (Fsp3) is 0.600. The van der Waals surface area contributed by atoms with Gasteiger partial charge in [-0.05, 0) is 36.8 Å². The monoisotopic (exact) mass is 580 g/mol. The second-order valence-electron chi connectivity index (χ2n) is 12.6. The molecule has 2 aromatic rings. The van der Waals surface area contributed by atoms with Gasteiger partial charge in [0.05, 0.1) is 55.4 Å². The second kappa shape index (κ2) is 12.8. The Kier molecular flexibility index (Phi) is 11.7. The molecule has 2 fully saturated rings. The Balaban J connectivity index is 0.000000321. The Bertz CT molecular complexity index is 741. The van der Waals surface area contributed by atoms with E-state index in [1.54, 1.807) is 11.1 Å². The predicted molar refractivity (Wildman–Crippen MR) is 141 cm³/mol. The van der Waals surface area contributed by atoms with E-state index in [0.717, 1.165) is 8.97 Å². The van der Waals surface area contributed by atoms with Crippen molar-refractivity contribution in [1.29, 1.82) is 0 Å². The van der Waals surface area contributed by atoms with Gasteiger partial charge >= 0.3 is 0 Å². The molecule has 0 amide bonds. The van der Waals surface area contributed by atoms with Crippen molar-refractivity contribution < 1.29 is 38.4 Å². The first-order valence-electron chi connectivity index (χ1n) is 12.8. The Labute approximate surface area is 227 Å². The van der Waals surface area contributed by atoms with Crippen LogP contribution in [0.25, 0.3) is 0 Å². The van der Waals surface area contributed by atoms with Gasteiger partial charge in [0.15, 0.2) is 0 Å². The van der Waals surface area contributed by atoms with Gasteiger partial charge in [0, 0.05) is 10.8 Å². The Morgan fingerprint density at radius 3 is 1.03 bits per heavy atom. The predicted octanol–water partition coefficient (Wildman–Crippen LogP) is 3.24. The number of rotatable bonds is 6. The molecule has 2 aliphatic rings. The summed E-state index contributed by atoms with van der Waals surface area (Å²) in [5, 5.41) is 0.